The summed E-state index contributed by atoms with van der Waals surface area (Å²) >= 11 is 0. The lowest BCUT2D eigenvalue weighted by Gasteiger charge is -2.19. The molecule has 0 rings (SSSR count). The Bertz CT molecular complexity index is 1170. The maximum atomic E-state index is 12.6. The zero-order valence-corrected chi connectivity index (χ0v) is 39.3. The number of nitrogens with two attached hydrogens (primary N) is 1. The summed E-state index contributed by atoms with van der Waals surface area (Å²) in [6.07, 6.45) is 55.4. The highest BCUT2D eigenvalue weighted by molar-refractivity contribution is 7.47. The Morgan fingerprint density at radius 1 is 0.517 bits per heavy atom. The van der Waals surface area contributed by atoms with Gasteiger partial charge in [-0.3, -0.25) is 18.6 Å². The average molecular weight is 864 g/mol. The molecule has 0 radical (unpaired) electrons. The first kappa shape index (κ1) is 57.7. The summed E-state index contributed by atoms with van der Waals surface area (Å²) < 4.78 is 32.9. The van der Waals surface area contributed by atoms with E-state index >= 15 is 0 Å². The predicted octanol–water partition coefficient (Wildman–Crippen LogP) is 14.4. The minimum absolute atomic E-state index is 0.0504. The van der Waals surface area contributed by atoms with Crippen molar-refractivity contribution in [3.05, 3.63) is 60.8 Å². The third-order valence-electron chi connectivity index (χ3n) is 10.1. The number of esters is 2. The van der Waals surface area contributed by atoms with Crippen LogP contribution in [-0.4, -0.2) is 49.3 Å². The van der Waals surface area contributed by atoms with Gasteiger partial charge in [0.15, 0.2) is 6.10 Å². The number of unbranched alkanes of at least 4 members (excludes halogenated alkanes) is 22. The molecular weight excluding hydrogens is 774 g/mol. The van der Waals surface area contributed by atoms with Gasteiger partial charge in [-0.25, -0.2) is 4.57 Å². The van der Waals surface area contributed by atoms with Crippen molar-refractivity contribution in [3.8, 4) is 0 Å². The molecule has 0 amide bonds. The molecule has 0 spiro atoms. The van der Waals surface area contributed by atoms with E-state index in [-0.39, 0.29) is 32.6 Å². The van der Waals surface area contributed by atoms with Crippen LogP contribution in [0.2, 0.25) is 0 Å². The molecule has 0 heterocycles. The molecule has 0 saturated heterocycles. The van der Waals surface area contributed by atoms with E-state index in [1.165, 1.54) is 96.3 Å². The third-order valence-corrected chi connectivity index (χ3v) is 11.1. The number of carbonyl (C=O) groups is 2. The molecule has 0 aliphatic carbocycles. The Morgan fingerprint density at radius 3 is 1.38 bits per heavy atom. The number of hydrogen-bond acceptors (Lipinski definition) is 8. The monoisotopic (exact) mass is 864 g/mol. The molecule has 348 valence electrons. The number of phosphoric acid groups is 1. The fourth-order valence-electron chi connectivity index (χ4n) is 6.56. The Balaban J connectivity index is 4.05. The molecule has 2 unspecified atom stereocenters. The summed E-state index contributed by atoms with van der Waals surface area (Å²) in [7, 11) is -4.38. The summed E-state index contributed by atoms with van der Waals surface area (Å²) in [4.78, 5) is 35.0. The van der Waals surface area contributed by atoms with Gasteiger partial charge in [0, 0.05) is 19.4 Å². The second kappa shape index (κ2) is 46.2. The molecule has 0 bridgehead atoms. The zero-order valence-electron chi connectivity index (χ0n) is 38.4. The molecule has 0 fully saturated rings. The van der Waals surface area contributed by atoms with E-state index in [0.717, 1.165) is 83.5 Å². The normalized spacial score (nSPS) is 13.7. The van der Waals surface area contributed by atoms with Crippen LogP contribution in [-0.2, 0) is 32.7 Å². The molecule has 3 N–H and O–H groups in total. The summed E-state index contributed by atoms with van der Waals surface area (Å²) in [5.74, 6) is -0.839. The summed E-state index contributed by atoms with van der Waals surface area (Å²) in [5, 5.41) is 0. The van der Waals surface area contributed by atoms with Gasteiger partial charge in [-0.2, -0.15) is 0 Å². The molecule has 0 aromatic heterocycles. The topological polar surface area (TPSA) is 134 Å². The van der Waals surface area contributed by atoms with E-state index in [4.69, 9.17) is 24.3 Å². The van der Waals surface area contributed by atoms with Crippen LogP contribution in [0.3, 0.4) is 0 Å². The highest BCUT2D eigenvalue weighted by atomic mass is 31.2. The Hall–Kier alpha value is -2.29. The number of ether oxygens (including phenoxy) is 2. The molecule has 9 nitrogen and oxygen atoms in total. The lowest BCUT2D eigenvalue weighted by molar-refractivity contribution is -0.161. The number of rotatable bonds is 45. The molecule has 0 aromatic carbocycles. The van der Waals surface area contributed by atoms with Crippen LogP contribution in [0.15, 0.2) is 60.8 Å². The van der Waals surface area contributed by atoms with Crippen LogP contribution in [0.5, 0.6) is 0 Å². The minimum atomic E-state index is -4.38. The van der Waals surface area contributed by atoms with Crippen LogP contribution in [0, 0.1) is 0 Å². The van der Waals surface area contributed by atoms with Gasteiger partial charge in [0.05, 0.1) is 13.2 Å². The highest BCUT2D eigenvalue weighted by Gasteiger charge is 2.26. The third kappa shape index (κ3) is 45.2. The molecule has 0 aliphatic rings. The summed E-state index contributed by atoms with van der Waals surface area (Å²) in [5.41, 5.74) is 5.36. The van der Waals surface area contributed by atoms with Gasteiger partial charge in [0.25, 0.3) is 0 Å². The fraction of sp³-hybridized carbons (Fsp3) is 0.760. The summed E-state index contributed by atoms with van der Waals surface area (Å²) in [6.45, 7) is 3.61. The maximum Gasteiger partial charge on any atom is 0.472 e. The smallest absolute Gasteiger partial charge is 0.462 e. The van der Waals surface area contributed by atoms with E-state index in [0.29, 0.717) is 6.42 Å². The van der Waals surface area contributed by atoms with Gasteiger partial charge in [-0.1, -0.05) is 184 Å². The maximum absolute atomic E-state index is 12.6. The van der Waals surface area contributed by atoms with Gasteiger partial charge < -0.3 is 20.1 Å². The number of allylic oxidation sites excluding steroid dienone is 10. The quantitative estimate of drug-likeness (QED) is 0.0265. The number of phosphoric ester groups is 1. The number of carbonyl (C=O) groups excluding carboxylic acids is 2. The molecule has 10 heteroatoms. The molecule has 2 atom stereocenters. The van der Waals surface area contributed by atoms with E-state index in [1.807, 2.05) is 0 Å². The Morgan fingerprint density at radius 2 is 0.917 bits per heavy atom. The van der Waals surface area contributed by atoms with Crippen LogP contribution in [0.4, 0.5) is 0 Å². The lowest BCUT2D eigenvalue weighted by Crippen LogP contribution is -2.29. The standard InChI is InChI=1S/C50H90NO8P/c1-3-5-7-9-11-13-15-17-19-20-21-22-23-24-25-26-27-28-29-31-33-35-37-39-41-43-50(53)59-48(47-58-60(54,55)57-45-44-51)46-56-49(52)42-40-38-36-34-32-30-18-16-14-12-10-8-6-4-2/h5,7,11,13,16-19,21-22,48H,3-4,6,8-10,12,14-15,20,23-47,51H2,1-2H3,(H,54,55)/b7-5-,13-11-,18-16-,19-17-,22-21-. The van der Waals surface area contributed by atoms with Gasteiger partial charge in [0.1, 0.15) is 6.61 Å². The Labute approximate surface area is 368 Å². The van der Waals surface area contributed by atoms with Gasteiger partial charge >= 0.3 is 19.8 Å². The van der Waals surface area contributed by atoms with E-state index in [1.54, 1.807) is 0 Å². The van der Waals surface area contributed by atoms with Crippen molar-refractivity contribution < 1.29 is 37.6 Å². The average Bonchev–Trinajstić information content (AvgIpc) is 3.24. The second-order valence-corrected chi connectivity index (χ2v) is 17.4. The second-order valence-electron chi connectivity index (χ2n) is 15.9. The van der Waals surface area contributed by atoms with Crippen LogP contribution < -0.4 is 5.73 Å². The van der Waals surface area contributed by atoms with Crippen molar-refractivity contribution >= 4 is 19.8 Å². The lowest BCUT2D eigenvalue weighted by atomic mass is 10.0. The first-order valence-electron chi connectivity index (χ1n) is 24.3. The first-order valence-corrected chi connectivity index (χ1v) is 25.8. The van der Waals surface area contributed by atoms with Crippen LogP contribution in [0.1, 0.15) is 213 Å². The predicted molar refractivity (Wildman–Crippen MR) is 252 cm³/mol. The van der Waals surface area contributed by atoms with Gasteiger partial charge in [0.2, 0.25) is 0 Å². The van der Waals surface area contributed by atoms with Crippen molar-refractivity contribution in [3.63, 3.8) is 0 Å². The van der Waals surface area contributed by atoms with Crippen molar-refractivity contribution in [1.82, 2.24) is 0 Å². The molecule has 60 heavy (non-hydrogen) atoms. The molecule has 0 saturated carbocycles. The number of hydrogen-bond donors (Lipinski definition) is 2. The summed E-state index contributed by atoms with van der Waals surface area (Å²) in [6, 6.07) is 0. The van der Waals surface area contributed by atoms with Crippen LogP contribution >= 0.6 is 7.82 Å². The highest BCUT2D eigenvalue weighted by Crippen LogP contribution is 2.43. The van der Waals surface area contributed by atoms with Crippen molar-refractivity contribution in [2.75, 3.05) is 26.4 Å². The zero-order chi connectivity index (χ0) is 43.9. The van der Waals surface area contributed by atoms with Gasteiger partial charge in [-0.05, 0) is 77.0 Å². The first-order chi connectivity index (χ1) is 29.3. The van der Waals surface area contributed by atoms with Crippen LogP contribution in [0.25, 0.3) is 0 Å². The molecule has 0 aromatic rings. The molecule has 0 aliphatic heterocycles. The SMILES string of the molecule is CC/C=C\C/C=C\C/C=C\C/C=C\CCCCCCCCCCCCCCC(=O)OC(COC(=O)CCCCCCC/C=C\CCCCCCC)COP(=O)(O)OCCN. The van der Waals surface area contributed by atoms with Gasteiger partial charge in [-0.15, -0.1) is 0 Å². The Kier molecular flexibility index (Phi) is 44.5. The molecular formula is C50H90NO8P. The van der Waals surface area contributed by atoms with E-state index in [9.17, 15) is 19.0 Å². The van der Waals surface area contributed by atoms with E-state index in [2.05, 4.69) is 74.6 Å². The van der Waals surface area contributed by atoms with E-state index < -0.39 is 32.5 Å². The minimum Gasteiger partial charge on any atom is -0.462 e. The van der Waals surface area contributed by atoms with Crippen molar-refractivity contribution in [2.45, 2.75) is 219 Å². The fourth-order valence-corrected chi connectivity index (χ4v) is 7.33. The van der Waals surface area contributed by atoms with Crippen molar-refractivity contribution in [1.29, 1.82) is 0 Å². The largest absolute Gasteiger partial charge is 0.472 e. The van der Waals surface area contributed by atoms with Crippen molar-refractivity contribution in [2.24, 2.45) is 5.73 Å².